The van der Waals surface area contributed by atoms with Crippen LogP contribution in [0.4, 0.5) is 0 Å². The van der Waals surface area contributed by atoms with Crippen LogP contribution in [0.2, 0.25) is 0 Å². The zero-order chi connectivity index (χ0) is 22.6. The van der Waals surface area contributed by atoms with Crippen LogP contribution < -0.4 is 5.46 Å². The Morgan fingerprint density at radius 3 is 1.61 bits per heavy atom. The number of allylic oxidation sites excluding steroid dienone is 4. The number of hydrogen-bond donors (Lipinski definition) is 2. The molecule has 0 aliphatic heterocycles. The van der Waals surface area contributed by atoms with Crippen LogP contribution in [0.1, 0.15) is 18.4 Å². The summed E-state index contributed by atoms with van der Waals surface area (Å²) in [4.78, 5) is 14.2. The van der Waals surface area contributed by atoms with Crippen LogP contribution in [0, 0.1) is 0 Å². The van der Waals surface area contributed by atoms with Crippen molar-refractivity contribution in [2.75, 3.05) is 0 Å². The van der Waals surface area contributed by atoms with Crippen LogP contribution >= 0.6 is 0 Å². The average Bonchev–Trinajstić information content (AvgIpc) is 2.89. The van der Waals surface area contributed by atoms with Crippen molar-refractivity contribution in [1.29, 1.82) is 0 Å². The zero-order valence-electron chi connectivity index (χ0n) is 18.0. The van der Waals surface area contributed by atoms with Gasteiger partial charge in [0.25, 0.3) is 0 Å². The Morgan fingerprint density at radius 1 is 0.576 bits per heavy atom. The molecule has 3 aromatic carbocycles. The van der Waals surface area contributed by atoms with E-state index in [2.05, 4.69) is 30.4 Å². The maximum absolute atomic E-state index is 9.39. The van der Waals surface area contributed by atoms with Crippen molar-refractivity contribution < 1.29 is 10.0 Å². The molecule has 0 unspecified atom stereocenters. The first-order valence-corrected chi connectivity index (χ1v) is 10.9. The lowest BCUT2D eigenvalue weighted by atomic mass is 9.80. The second-order valence-electron chi connectivity index (χ2n) is 7.88. The number of benzene rings is 3. The third-order valence-corrected chi connectivity index (χ3v) is 5.61. The predicted octanol–water partition coefficient (Wildman–Crippen LogP) is 4.29. The van der Waals surface area contributed by atoms with Gasteiger partial charge in [0.2, 0.25) is 0 Å². The summed E-state index contributed by atoms with van der Waals surface area (Å²) in [6, 6.07) is 25.0. The molecule has 1 heterocycles. The first kappa shape index (κ1) is 21.0. The molecule has 0 amide bonds. The maximum Gasteiger partial charge on any atom is 0.488 e. The third kappa shape index (κ3) is 4.67. The van der Waals surface area contributed by atoms with Gasteiger partial charge in [-0.15, -0.1) is 0 Å². The summed E-state index contributed by atoms with van der Waals surface area (Å²) in [5.74, 6) is 1.70. The van der Waals surface area contributed by atoms with Crippen LogP contribution in [0.15, 0.2) is 97.1 Å². The highest BCUT2D eigenvalue weighted by Gasteiger charge is 2.14. The smallest absolute Gasteiger partial charge is 0.423 e. The van der Waals surface area contributed by atoms with E-state index in [0.717, 1.165) is 29.5 Å². The summed E-state index contributed by atoms with van der Waals surface area (Å²) >= 11 is 0. The van der Waals surface area contributed by atoms with Crippen molar-refractivity contribution in [2.24, 2.45) is 0 Å². The van der Waals surface area contributed by atoms with E-state index < -0.39 is 7.12 Å². The molecule has 1 aliphatic carbocycles. The monoisotopic (exact) mass is 431 g/mol. The minimum Gasteiger partial charge on any atom is -0.423 e. The summed E-state index contributed by atoms with van der Waals surface area (Å²) in [7, 11) is -1.51. The fourth-order valence-electron chi connectivity index (χ4n) is 3.79. The Labute approximate surface area is 193 Å². The van der Waals surface area contributed by atoms with Crippen molar-refractivity contribution >= 4 is 18.2 Å². The maximum atomic E-state index is 9.39. The van der Waals surface area contributed by atoms with Gasteiger partial charge in [-0.2, -0.15) is 0 Å². The molecule has 0 atom stereocenters. The molecule has 2 N–H and O–H groups in total. The Balaban J connectivity index is 1.57. The molecule has 33 heavy (non-hydrogen) atoms. The van der Waals surface area contributed by atoms with Gasteiger partial charge >= 0.3 is 7.12 Å². The molecule has 5 nitrogen and oxygen atoms in total. The van der Waals surface area contributed by atoms with Crippen LogP contribution in [0.3, 0.4) is 0 Å². The Kier molecular flexibility index (Phi) is 5.94. The van der Waals surface area contributed by atoms with Gasteiger partial charge in [0.1, 0.15) is 0 Å². The molecular weight excluding hydrogens is 409 g/mol. The van der Waals surface area contributed by atoms with Crippen LogP contribution in [0.25, 0.3) is 39.7 Å². The normalized spacial score (nSPS) is 13.0. The molecule has 4 aromatic rings. The predicted molar refractivity (Wildman–Crippen MR) is 132 cm³/mol. The van der Waals surface area contributed by atoms with E-state index in [1.807, 2.05) is 42.5 Å². The molecule has 0 saturated carbocycles. The second-order valence-corrected chi connectivity index (χ2v) is 7.88. The number of aromatic nitrogens is 3. The highest BCUT2D eigenvalue weighted by Crippen LogP contribution is 2.27. The summed E-state index contributed by atoms with van der Waals surface area (Å²) in [5.41, 5.74) is 5.40. The minimum atomic E-state index is -1.51. The zero-order valence-corrected chi connectivity index (χ0v) is 18.0. The quantitative estimate of drug-likeness (QED) is 0.461. The molecule has 0 saturated heterocycles. The van der Waals surface area contributed by atoms with E-state index in [0.29, 0.717) is 22.9 Å². The van der Waals surface area contributed by atoms with Gasteiger partial charge in [0, 0.05) is 16.7 Å². The highest BCUT2D eigenvalue weighted by atomic mass is 16.4. The molecule has 1 aromatic heterocycles. The van der Waals surface area contributed by atoms with E-state index in [-0.39, 0.29) is 0 Å². The lowest BCUT2D eigenvalue weighted by Crippen LogP contribution is -2.29. The molecule has 0 fully saturated rings. The molecule has 160 valence electrons. The summed E-state index contributed by atoms with van der Waals surface area (Å²) in [5, 5.41) is 18.8. The highest BCUT2D eigenvalue weighted by molar-refractivity contribution is 6.58. The topological polar surface area (TPSA) is 79.1 Å². The summed E-state index contributed by atoms with van der Waals surface area (Å²) in [6.45, 7) is 0. The van der Waals surface area contributed by atoms with Crippen molar-refractivity contribution in [2.45, 2.75) is 12.8 Å². The van der Waals surface area contributed by atoms with Crippen molar-refractivity contribution in [1.82, 2.24) is 15.0 Å². The van der Waals surface area contributed by atoms with Crippen LogP contribution in [0.5, 0.6) is 0 Å². The lowest BCUT2D eigenvalue weighted by molar-refractivity contribution is 0.426. The van der Waals surface area contributed by atoms with Crippen LogP contribution in [-0.4, -0.2) is 32.1 Å². The van der Waals surface area contributed by atoms with Gasteiger partial charge in [-0.3, -0.25) is 0 Å². The molecule has 1 aliphatic rings. The third-order valence-electron chi connectivity index (χ3n) is 5.61. The summed E-state index contributed by atoms with van der Waals surface area (Å²) in [6.07, 6.45) is 8.79. The Bertz CT molecular complexity index is 1320. The van der Waals surface area contributed by atoms with Gasteiger partial charge in [-0.05, 0) is 29.4 Å². The average molecular weight is 431 g/mol. The Hall–Kier alpha value is -3.87. The van der Waals surface area contributed by atoms with Gasteiger partial charge in [-0.1, -0.05) is 97.1 Å². The van der Waals surface area contributed by atoms with E-state index in [1.54, 1.807) is 24.3 Å². The van der Waals surface area contributed by atoms with Gasteiger partial charge < -0.3 is 10.0 Å². The fourth-order valence-corrected chi connectivity index (χ4v) is 3.79. The molecule has 6 heteroatoms. The van der Waals surface area contributed by atoms with E-state index in [9.17, 15) is 10.0 Å². The molecule has 0 bridgehead atoms. The second kappa shape index (κ2) is 9.32. The number of rotatable bonds is 5. The number of hydrogen-bond acceptors (Lipinski definition) is 5. The summed E-state index contributed by atoms with van der Waals surface area (Å²) < 4.78 is 0. The molecule has 0 radical (unpaired) electrons. The fraction of sp³-hybridized carbons (Fsp3) is 0.0741. The molecule has 5 rings (SSSR count). The molecular formula is C27H22BN3O2. The van der Waals surface area contributed by atoms with Crippen LogP contribution in [-0.2, 0) is 0 Å². The van der Waals surface area contributed by atoms with E-state index in [4.69, 9.17) is 15.0 Å². The first-order chi connectivity index (χ1) is 16.2. The van der Waals surface area contributed by atoms with Crippen molar-refractivity contribution in [3.63, 3.8) is 0 Å². The number of nitrogens with zero attached hydrogens (tertiary/aromatic N) is 3. The lowest BCUT2D eigenvalue weighted by Gasteiger charge is -2.10. The van der Waals surface area contributed by atoms with Gasteiger partial charge in [0.15, 0.2) is 17.5 Å². The first-order valence-electron chi connectivity index (χ1n) is 10.9. The van der Waals surface area contributed by atoms with E-state index >= 15 is 0 Å². The largest absolute Gasteiger partial charge is 0.488 e. The Morgan fingerprint density at radius 2 is 1.09 bits per heavy atom. The van der Waals surface area contributed by atoms with Crippen molar-refractivity contribution in [3.05, 3.63) is 103 Å². The van der Waals surface area contributed by atoms with Gasteiger partial charge in [0.05, 0.1) is 0 Å². The minimum absolute atomic E-state index is 0.415. The van der Waals surface area contributed by atoms with Gasteiger partial charge in [-0.25, -0.2) is 15.0 Å². The van der Waals surface area contributed by atoms with Crippen molar-refractivity contribution in [3.8, 4) is 34.2 Å². The molecule has 0 spiro atoms. The van der Waals surface area contributed by atoms with E-state index in [1.165, 1.54) is 11.1 Å². The standard InChI is InChI=1S/C27H22BN3O2/c32-28(33)24-17-15-23(16-18-24)27-30-25(21-9-5-2-6-10-21)29-26(31-27)22-13-11-20(12-14-22)19-7-3-1-4-8-19/h2-3,5-18,32-33H,1,4H2. The SMILES string of the molecule is OB(O)c1ccc(-c2nc(-c3ccccc3)nc(-c3ccc(C4=CCCC=C4)cc3)n2)cc1.